The van der Waals surface area contributed by atoms with Gasteiger partial charge >= 0.3 is 5.97 Å². The Kier molecular flexibility index (Phi) is 15.6. The maximum absolute atomic E-state index is 13.1. The Hall–Kier alpha value is -5.31. The van der Waals surface area contributed by atoms with E-state index in [1.165, 1.54) is 49.7 Å². The van der Waals surface area contributed by atoms with E-state index >= 15 is 0 Å². The summed E-state index contributed by atoms with van der Waals surface area (Å²) in [5.74, 6) is 3.60. The molecule has 508 valence electrons. The molecule has 10 N–H and O–H groups in total. The smallest absolute Gasteiger partial charge is 0.307 e. The van der Waals surface area contributed by atoms with Crippen LogP contribution in [0.25, 0.3) is 0 Å². The van der Waals surface area contributed by atoms with Gasteiger partial charge in [-0.1, -0.05) is 42.5 Å². The number of carboxylic acids is 1. The van der Waals surface area contributed by atoms with Gasteiger partial charge in [-0.15, -0.1) is 0 Å². The van der Waals surface area contributed by atoms with Crippen LogP contribution in [0.15, 0.2) is 84.9 Å². The number of hydrogen-bond donors (Lipinski definition) is 9. The third kappa shape index (κ3) is 9.81. The van der Waals surface area contributed by atoms with Crippen molar-refractivity contribution in [2.24, 2.45) is 23.5 Å². The number of nitrogens with one attached hydrogen (secondary N) is 1. The second kappa shape index (κ2) is 23.4. The number of carbonyl (C=O) groups is 3. The van der Waals surface area contributed by atoms with Crippen molar-refractivity contribution in [1.29, 1.82) is 0 Å². The van der Waals surface area contributed by atoms with E-state index in [0.717, 1.165) is 149 Å². The molecule has 20 rings (SSSR count). The number of halogens is 2. The molecular formula is C76H87I2N5O13. The van der Waals surface area contributed by atoms with Crippen molar-refractivity contribution in [2.75, 3.05) is 39.3 Å². The summed E-state index contributed by atoms with van der Waals surface area (Å²) < 4.78 is 21.0. The number of nitrogens with two attached hydrogens (primary N) is 1. The summed E-state index contributed by atoms with van der Waals surface area (Å²) in [6, 6.07) is 26.6. The molecule has 0 radical (unpaired) electrons. The van der Waals surface area contributed by atoms with E-state index in [2.05, 4.69) is 65.2 Å². The van der Waals surface area contributed by atoms with Gasteiger partial charge in [-0.3, -0.25) is 29.1 Å². The van der Waals surface area contributed by atoms with Crippen LogP contribution in [-0.2, 0) is 62.7 Å². The van der Waals surface area contributed by atoms with Crippen LogP contribution in [0.5, 0.6) is 34.5 Å². The zero-order valence-corrected chi connectivity index (χ0v) is 58.4. The van der Waals surface area contributed by atoms with E-state index in [9.17, 15) is 45.0 Å². The molecule has 3 saturated heterocycles. The van der Waals surface area contributed by atoms with Gasteiger partial charge in [-0.2, -0.15) is 0 Å². The highest BCUT2D eigenvalue weighted by molar-refractivity contribution is 14.1. The minimum absolute atomic E-state index is 0.0265. The molecule has 6 heterocycles. The largest absolute Gasteiger partial charge is 0.504 e. The number of phenols is 3. The highest BCUT2D eigenvalue weighted by atomic mass is 127. The summed E-state index contributed by atoms with van der Waals surface area (Å²) in [5, 5.41) is 79.7. The Labute approximate surface area is 586 Å². The predicted molar refractivity (Wildman–Crippen MR) is 373 cm³/mol. The maximum atomic E-state index is 13.1. The Balaban J connectivity index is 0.000000102. The second-order valence-electron chi connectivity index (χ2n) is 31.2. The molecule has 3 spiro atoms. The number of aliphatic hydroxyl groups is 3. The molecule has 9 aliphatic carbocycles. The van der Waals surface area contributed by atoms with Gasteiger partial charge < -0.3 is 61.0 Å². The number of hydrogen-bond acceptors (Lipinski definition) is 16. The highest BCUT2D eigenvalue weighted by Crippen LogP contribution is 2.69. The minimum atomic E-state index is -0.940. The lowest BCUT2D eigenvalue weighted by Crippen LogP contribution is -2.78. The number of nitrogens with zero attached hydrogens (tertiary/aromatic N) is 3. The lowest BCUT2D eigenvalue weighted by Gasteiger charge is -2.64. The number of amides is 1. The number of phenolic OH excluding ortho intramolecular Hbond substituents is 3. The fraction of sp³-hybridized carbons (Fsp3) is 0.566. The topological polar surface area (TPSA) is 268 Å². The van der Waals surface area contributed by atoms with Gasteiger partial charge in [0.05, 0.1) is 51.9 Å². The van der Waals surface area contributed by atoms with Crippen molar-refractivity contribution in [2.45, 2.75) is 210 Å². The summed E-state index contributed by atoms with van der Waals surface area (Å²) in [5.41, 5.74) is 10.5. The van der Waals surface area contributed by atoms with Crippen LogP contribution >= 0.6 is 45.2 Å². The highest BCUT2D eigenvalue weighted by Gasteiger charge is 2.76. The molecule has 14 atom stereocenters. The zero-order valence-electron chi connectivity index (χ0n) is 54.1. The van der Waals surface area contributed by atoms with Crippen molar-refractivity contribution >= 4 is 62.8 Å². The van der Waals surface area contributed by atoms with Gasteiger partial charge in [-0.25, -0.2) is 0 Å². The first-order valence-electron chi connectivity index (χ1n) is 35.4. The fourth-order valence-corrected chi connectivity index (χ4v) is 22.5. The van der Waals surface area contributed by atoms with E-state index < -0.39 is 45.1 Å². The van der Waals surface area contributed by atoms with Crippen LogP contribution in [0.4, 0.5) is 0 Å². The molecule has 6 saturated carbocycles. The number of benzene rings is 5. The molecule has 5 aromatic carbocycles. The lowest BCUT2D eigenvalue weighted by atomic mass is 9.48. The molecule has 6 aliphatic heterocycles. The van der Waals surface area contributed by atoms with Crippen LogP contribution in [-0.4, -0.2) is 173 Å². The molecule has 20 heteroatoms. The number of likely N-dealkylation sites (tertiary alicyclic amines) is 3. The van der Waals surface area contributed by atoms with Crippen molar-refractivity contribution in [3.8, 4) is 34.5 Å². The maximum Gasteiger partial charge on any atom is 0.307 e. The number of rotatable bonds is 11. The van der Waals surface area contributed by atoms with E-state index in [1.54, 1.807) is 18.2 Å². The van der Waals surface area contributed by atoms with Gasteiger partial charge in [0.1, 0.15) is 12.2 Å². The first-order chi connectivity index (χ1) is 46.2. The Morgan fingerprint density at radius 2 is 0.958 bits per heavy atom. The molecule has 6 bridgehead atoms. The zero-order chi connectivity index (χ0) is 66.2. The van der Waals surface area contributed by atoms with E-state index in [4.69, 9.17) is 25.1 Å². The number of piperidine rings is 3. The summed E-state index contributed by atoms with van der Waals surface area (Å²) in [7, 11) is 0. The molecule has 18 nitrogen and oxygen atoms in total. The number of aliphatic carboxylic acids is 1. The molecule has 15 aliphatic rings. The summed E-state index contributed by atoms with van der Waals surface area (Å²) in [4.78, 5) is 43.7. The molecule has 0 aromatic heterocycles. The number of ketones is 1. The normalized spacial score (nSPS) is 36.1. The summed E-state index contributed by atoms with van der Waals surface area (Å²) in [6.45, 7) is 6.03. The van der Waals surface area contributed by atoms with Crippen LogP contribution in [0.1, 0.15) is 141 Å². The molecule has 96 heavy (non-hydrogen) atoms. The van der Waals surface area contributed by atoms with Gasteiger partial charge in [0.25, 0.3) is 0 Å². The summed E-state index contributed by atoms with van der Waals surface area (Å²) in [6.07, 6.45) is 15.5. The molecule has 9 unspecified atom stereocenters. The number of aromatic hydroxyl groups is 3. The third-order valence-electron chi connectivity index (χ3n) is 26.0. The monoisotopic (exact) mass is 1530 g/mol. The SMILES string of the molecule is N[C@@H]1CC[C@@]2(O)C3Cc4ccc(O)c5c4C2(CCN3CC2CC2)C1O5.O=C(Cc1cccc(I)c1)N[C@@H]1CC[C@@]2(O)C3Cc4ccc(O)c5c4C2(CCN3CC2CC2)C1O5.O=C(O)Cc1cccc(I)c1.O=C1CC[C@@]2(O)C3Cc4ccc(O)c5c4C2(CCN3CC2CC2)C1O5. The predicted octanol–water partition coefficient (Wildman–Crippen LogP) is 8.02. The average Bonchev–Trinajstić information content (AvgIpc) is 1.57. The fourth-order valence-electron chi connectivity index (χ4n) is 21.3. The average molecular weight is 1530 g/mol. The van der Waals surface area contributed by atoms with Gasteiger partial charge in [0.2, 0.25) is 5.91 Å². The van der Waals surface area contributed by atoms with Crippen LogP contribution in [0, 0.1) is 24.9 Å². The number of ether oxygens (including phenoxy) is 3. The van der Waals surface area contributed by atoms with E-state index in [0.29, 0.717) is 49.4 Å². The Morgan fingerprint density at radius 1 is 0.531 bits per heavy atom. The van der Waals surface area contributed by atoms with Crippen LogP contribution in [0.2, 0.25) is 0 Å². The van der Waals surface area contributed by atoms with E-state index in [-0.39, 0.29) is 77.8 Å². The third-order valence-corrected chi connectivity index (χ3v) is 27.3. The van der Waals surface area contributed by atoms with Crippen molar-refractivity contribution in [1.82, 2.24) is 20.0 Å². The Bertz CT molecular complexity index is 4020. The molecule has 9 fully saturated rings. The van der Waals surface area contributed by atoms with E-state index in [1.807, 2.05) is 66.7 Å². The lowest BCUT2D eigenvalue weighted by molar-refractivity contribution is -0.192. The standard InChI is InChI=1S/C28H31IN2O4.C20H26N2O3.C20H23NO4.C8H7IO2/c29-19-3-1-2-17(12-19)13-23(33)30-20-8-9-28(34)22-14-18-6-7-21(32)25-24(18)27(28,26(20)35-25)10-11-31(22)15-16-4-5-16;21-13-5-6-20(24)15-9-12-3-4-14(23)17-16(12)19(20,18(13)25-17)7-8-22(15)10-11-1-2-11;22-13-4-3-12-9-15-20(24)6-5-14(23)18-19(20,16(12)17(13)25-18)7-8-21(15)10-11-1-2-11;9-7-3-1-2-6(4-7)5-8(10)11/h1-3,6-7,12,16,20,22,26,32,34H,4-5,8-11,13-15H2,(H,30,33);3-4,11,13,15,18,23-24H,1-2,5-10,21H2;3-4,11,15,18,22,24H,1-2,5-10H2;1-4H,5H2,(H,10,11)/t20-,22?,26?,27?,28-;13-,15?,18?,19?,20-;15?,18?,19?,20-;/m111./s1. The number of carbonyl (C=O) groups excluding carboxylic acids is 2. The number of carboxylic acid groups (broad SMARTS) is 1. The van der Waals surface area contributed by atoms with Crippen molar-refractivity contribution < 1.29 is 64.3 Å². The van der Waals surface area contributed by atoms with Crippen LogP contribution < -0.4 is 25.3 Å². The van der Waals surface area contributed by atoms with Gasteiger partial charge in [0, 0.05) is 74.1 Å². The van der Waals surface area contributed by atoms with Crippen molar-refractivity contribution in [3.05, 3.63) is 137 Å². The first-order valence-corrected chi connectivity index (χ1v) is 37.6. The van der Waals surface area contributed by atoms with Gasteiger partial charge in [0.15, 0.2) is 46.4 Å². The van der Waals surface area contributed by atoms with Crippen LogP contribution in [0.3, 0.4) is 0 Å². The summed E-state index contributed by atoms with van der Waals surface area (Å²) >= 11 is 4.42. The first kappa shape index (κ1) is 64.1. The Morgan fingerprint density at radius 3 is 1.44 bits per heavy atom. The quantitative estimate of drug-likeness (QED) is 0.0567. The van der Waals surface area contributed by atoms with Gasteiger partial charge in [-0.05, 0) is 262 Å². The second-order valence-corrected chi connectivity index (χ2v) is 33.7. The van der Waals surface area contributed by atoms with Crippen molar-refractivity contribution in [3.63, 3.8) is 0 Å². The minimum Gasteiger partial charge on any atom is -0.504 e. The molecule has 5 aromatic rings. The number of Topliss-reactive ketones (excluding diaryl/α,β-unsaturated/α-hetero) is 1. The molecular weight excluding hydrogens is 1440 g/mol. The molecule has 1 amide bonds.